The van der Waals surface area contributed by atoms with Crippen molar-refractivity contribution in [3.63, 3.8) is 0 Å². The molecule has 0 N–H and O–H groups in total. The molecule has 0 aliphatic carbocycles. The summed E-state index contributed by atoms with van der Waals surface area (Å²) >= 11 is 3.85. The van der Waals surface area contributed by atoms with Crippen molar-refractivity contribution >= 4 is 20.2 Å². The van der Waals surface area contributed by atoms with Gasteiger partial charge in [0.15, 0.2) is 0 Å². The van der Waals surface area contributed by atoms with Gasteiger partial charge in [-0.25, -0.2) is 4.21 Å². The van der Waals surface area contributed by atoms with E-state index in [9.17, 15) is 8.76 Å². The zero-order valence-corrected chi connectivity index (χ0v) is 8.83. The quantitative estimate of drug-likeness (QED) is 0.340. The van der Waals surface area contributed by atoms with E-state index >= 15 is 0 Å². The summed E-state index contributed by atoms with van der Waals surface area (Å²) in [5, 5.41) is 0. The molecule has 0 aromatic carbocycles. The molecule has 0 aromatic rings. The summed E-state index contributed by atoms with van der Waals surface area (Å²) < 4.78 is 23.8. The van der Waals surface area contributed by atoms with Gasteiger partial charge in [-0.05, 0) is 6.92 Å². The summed E-state index contributed by atoms with van der Waals surface area (Å²) in [5.41, 5.74) is 0. The molecule has 0 bridgehead atoms. The van der Waals surface area contributed by atoms with E-state index in [4.69, 9.17) is 0 Å². The number of hydrogen-bond donors (Lipinski definition) is 0. The number of rotatable bonds is 2. The van der Waals surface area contributed by atoms with E-state index in [-0.39, 0.29) is 29.6 Å². The molecule has 48 valence electrons. The van der Waals surface area contributed by atoms with E-state index in [0.717, 1.165) is 6.26 Å². The first-order valence-corrected chi connectivity index (χ1v) is 4.15. The van der Waals surface area contributed by atoms with Gasteiger partial charge in [-0.1, -0.05) is 6.08 Å². The third-order valence-corrected chi connectivity index (χ3v) is 0.892. The Bertz CT molecular complexity index is 171. The molecule has 6 heteroatoms. The number of allylic oxidation sites excluding steroid dienone is 1. The molecule has 0 fully saturated rings. The Morgan fingerprint density at radius 3 is 2.33 bits per heavy atom. The Morgan fingerprint density at radius 1 is 1.78 bits per heavy atom. The van der Waals surface area contributed by atoms with Gasteiger partial charge in [0, 0.05) is 11.2 Å². The van der Waals surface area contributed by atoms with Crippen LogP contribution in [0.15, 0.2) is 12.3 Å². The third-order valence-electron chi connectivity index (χ3n) is 0.309. The Hall–Kier alpha value is 0.870. The van der Waals surface area contributed by atoms with Crippen LogP contribution in [0, 0.1) is 0 Å². The van der Waals surface area contributed by atoms with Crippen molar-refractivity contribution in [2.75, 3.05) is 0 Å². The van der Waals surface area contributed by atoms with Gasteiger partial charge >= 0.3 is 29.6 Å². The van der Waals surface area contributed by atoms with Crippen LogP contribution in [-0.2, 0) is 24.4 Å². The van der Waals surface area contributed by atoms with E-state index in [0.29, 0.717) is 0 Å². The molecule has 0 radical (unpaired) electrons. The van der Waals surface area contributed by atoms with Crippen LogP contribution in [0.2, 0.25) is 0 Å². The fraction of sp³-hybridized carbons (Fsp3) is 0.333. The van der Waals surface area contributed by atoms with Gasteiger partial charge < -0.3 is 8.74 Å². The SMILES string of the molecule is C/C=C/OS(=O)([O-])=S.[Na+]. The monoisotopic (exact) mass is 176 g/mol. The molecule has 0 saturated carbocycles. The molecule has 0 amide bonds. The maximum atomic E-state index is 9.93. The molecule has 0 saturated heterocycles. The minimum atomic E-state index is -3.69. The van der Waals surface area contributed by atoms with Gasteiger partial charge in [0.2, 0.25) is 0 Å². The molecule has 1 atom stereocenters. The summed E-state index contributed by atoms with van der Waals surface area (Å²) in [5.74, 6) is 0. The summed E-state index contributed by atoms with van der Waals surface area (Å²) in [6.07, 6.45) is 2.45. The van der Waals surface area contributed by atoms with E-state index in [1.807, 2.05) is 0 Å². The molecule has 0 aliphatic heterocycles. The minimum Gasteiger partial charge on any atom is -0.739 e. The van der Waals surface area contributed by atoms with Gasteiger partial charge in [0.05, 0.1) is 6.26 Å². The van der Waals surface area contributed by atoms with Crippen LogP contribution < -0.4 is 29.6 Å². The zero-order valence-electron chi connectivity index (χ0n) is 5.20. The Morgan fingerprint density at radius 2 is 2.22 bits per heavy atom. The van der Waals surface area contributed by atoms with Crippen molar-refractivity contribution < 1.29 is 42.5 Å². The van der Waals surface area contributed by atoms with Crippen molar-refractivity contribution in [2.45, 2.75) is 6.92 Å². The van der Waals surface area contributed by atoms with E-state index in [1.165, 1.54) is 6.08 Å². The topological polar surface area (TPSA) is 49.4 Å². The minimum absolute atomic E-state index is 0. The second-order valence-electron chi connectivity index (χ2n) is 0.974. The summed E-state index contributed by atoms with van der Waals surface area (Å²) in [6, 6.07) is 0. The average molecular weight is 176 g/mol. The molecule has 0 aromatic heterocycles. The standard InChI is InChI=1S/C3H6O3S2.Na/c1-2-3-6-8(4,5)7;/h2-3H,1H3,(H,4,5,7);/q;+1/p-1/b3-2+;. The fourth-order valence-electron chi connectivity index (χ4n) is 0.124. The largest absolute Gasteiger partial charge is 1.00 e. The van der Waals surface area contributed by atoms with Gasteiger partial charge in [-0.3, -0.25) is 0 Å². The molecular formula is C3H5NaO3S2. The van der Waals surface area contributed by atoms with Crippen LogP contribution in [0.3, 0.4) is 0 Å². The number of hydrogen-bond acceptors (Lipinski definition) is 4. The van der Waals surface area contributed by atoms with Crippen molar-refractivity contribution in [1.29, 1.82) is 0 Å². The normalized spacial score (nSPS) is 16.2. The summed E-state index contributed by atoms with van der Waals surface area (Å²) in [6.45, 7) is 1.63. The van der Waals surface area contributed by atoms with Crippen LogP contribution in [0.1, 0.15) is 6.92 Å². The second kappa shape index (κ2) is 5.64. The molecule has 0 rings (SSSR count). The Balaban J connectivity index is 0. The Kier molecular flexibility index (Phi) is 7.86. The van der Waals surface area contributed by atoms with Crippen molar-refractivity contribution in [3.8, 4) is 0 Å². The smallest absolute Gasteiger partial charge is 0.739 e. The van der Waals surface area contributed by atoms with Gasteiger partial charge in [-0.2, -0.15) is 0 Å². The molecule has 0 aliphatic rings. The molecule has 0 heterocycles. The molecule has 3 nitrogen and oxygen atoms in total. The van der Waals surface area contributed by atoms with Crippen LogP contribution in [0.5, 0.6) is 0 Å². The van der Waals surface area contributed by atoms with Crippen molar-refractivity contribution in [3.05, 3.63) is 12.3 Å². The van der Waals surface area contributed by atoms with Crippen LogP contribution in [0.25, 0.3) is 0 Å². The predicted octanol–water partition coefficient (Wildman–Crippen LogP) is -2.67. The molecule has 0 spiro atoms. The van der Waals surface area contributed by atoms with Crippen LogP contribution in [0.4, 0.5) is 0 Å². The fourth-order valence-corrected chi connectivity index (χ4v) is 0.507. The zero-order chi connectivity index (χ0) is 6.62. The maximum absolute atomic E-state index is 9.93. The van der Waals surface area contributed by atoms with Crippen LogP contribution in [-0.4, -0.2) is 8.76 Å². The van der Waals surface area contributed by atoms with Gasteiger partial charge in [0.25, 0.3) is 0 Å². The summed E-state index contributed by atoms with van der Waals surface area (Å²) in [7, 11) is -3.69. The van der Waals surface area contributed by atoms with E-state index in [2.05, 4.69) is 15.4 Å². The van der Waals surface area contributed by atoms with E-state index in [1.54, 1.807) is 6.92 Å². The first-order chi connectivity index (χ1) is 3.56. The average Bonchev–Trinajstić information content (AvgIpc) is 1.59. The molecular weight excluding hydrogens is 171 g/mol. The molecule has 1 unspecified atom stereocenters. The third kappa shape index (κ3) is 12.1. The Labute approximate surface area is 81.5 Å². The van der Waals surface area contributed by atoms with E-state index < -0.39 is 9.05 Å². The molecule has 9 heavy (non-hydrogen) atoms. The van der Waals surface area contributed by atoms with Gasteiger partial charge in [-0.15, -0.1) is 0 Å². The first kappa shape index (κ1) is 12.5. The van der Waals surface area contributed by atoms with Gasteiger partial charge in [0.1, 0.15) is 9.05 Å². The summed E-state index contributed by atoms with van der Waals surface area (Å²) in [4.78, 5) is 0. The second-order valence-corrected chi connectivity index (χ2v) is 3.21. The maximum Gasteiger partial charge on any atom is 1.00 e. The first-order valence-electron chi connectivity index (χ1n) is 1.81. The predicted molar refractivity (Wildman–Crippen MR) is 32.2 cm³/mol. The van der Waals surface area contributed by atoms with Crippen molar-refractivity contribution in [2.24, 2.45) is 0 Å². The van der Waals surface area contributed by atoms with Crippen LogP contribution >= 0.6 is 0 Å². The van der Waals surface area contributed by atoms with Crippen molar-refractivity contribution in [1.82, 2.24) is 0 Å².